The van der Waals surface area contributed by atoms with Crippen LogP contribution >= 0.6 is 11.3 Å². The van der Waals surface area contributed by atoms with Gasteiger partial charge in [-0.1, -0.05) is 0 Å². The van der Waals surface area contributed by atoms with Crippen LogP contribution < -0.4 is 5.32 Å². The molecule has 7 nitrogen and oxygen atoms in total. The van der Waals surface area contributed by atoms with Crippen LogP contribution in [0.3, 0.4) is 0 Å². The number of hydrogen-bond acceptors (Lipinski definition) is 7. The second-order valence-electron chi connectivity index (χ2n) is 3.70. The maximum absolute atomic E-state index is 11.3. The summed E-state index contributed by atoms with van der Waals surface area (Å²) in [6, 6.07) is -0.0471. The Labute approximate surface area is 108 Å². The van der Waals surface area contributed by atoms with Gasteiger partial charge in [0.05, 0.1) is 13.2 Å². The molecule has 0 saturated heterocycles. The molecule has 0 radical (unpaired) electrons. The lowest BCUT2D eigenvalue weighted by Gasteiger charge is -2.11. The van der Waals surface area contributed by atoms with Crippen molar-refractivity contribution in [1.82, 2.24) is 19.7 Å². The molecule has 1 unspecified atom stereocenters. The van der Waals surface area contributed by atoms with Crippen molar-refractivity contribution >= 4 is 22.4 Å². The van der Waals surface area contributed by atoms with Crippen molar-refractivity contribution in [2.75, 3.05) is 12.4 Å². The van der Waals surface area contributed by atoms with Gasteiger partial charge < -0.3 is 14.6 Å². The first kappa shape index (κ1) is 12.5. The summed E-state index contributed by atoms with van der Waals surface area (Å²) in [7, 11) is 3.20. The monoisotopic (exact) mass is 267 g/mol. The van der Waals surface area contributed by atoms with Crippen LogP contribution in [-0.4, -0.2) is 32.8 Å². The number of carbonyl (C=O) groups excluding carboxylic acids is 1. The lowest BCUT2D eigenvalue weighted by atomic mass is 10.3. The van der Waals surface area contributed by atoms with Gasteiger partial charge >= 0.3 is 5.97 Å². The van der Waals surface area contributed by atoms with Crippen LogP contribution in [0.2, 0.25) is 0 Å². The van der Waals surface area contributed by atoms with Gasteiger partial charge in [0, 0.05) is 12.4 Å². The predicted molar refractivity (Wildman–Crippen MR) is 66.5 cm³/mol. The van der Waals surface area contributed by atoms with Gasteiger partial charge in [0.2, 0.25) is 0 Å². The summed E-state index contributed by atoms with van der Waals surface area (Å²) in [5, 5.41) is 13.3. The van der Waals surface area contributed by atoms with Crippen LogP contribution in [0.25, 0.3) is 0 Å². The van der Waals surface area contributed by atoms with E-state index >= 15 is 0 Å². The largest absolute Gasteiger partial charge is 0.464 e. The van der Waals surface area contributed by atoms with E-state index in [1.807, 2.05) is 18.5 Å². The quantitative estimate of drug-likeness (QED) is 0.839. The fraction of sp³-hybridized carbons (Fsp3) is 0.400. The summed E-state index contributed by atoms with van der Waals surface area (Å²) in [5.74, 6) is 0.357. The van der Waals surface area contributed by atoms with Crippen LogP contribution in [0.5, 0.6) is 0 Å². The average molecular weight is 267 g/mol. The van der Waals surface area contributed by atoms with E-state index in [9.17, 15) is 4.79 Å². The molecule has 0 aromatic carbocycles. The summed E-state index contributed by atoms with van der Waals surface area (Å²) in [6.07, 6.45) is 1.63. The van der Waals surface area contributed by atoms with Gasteiger partial charge in [-0.15, -0.1) is 21.5 Å². The molecule has 0 aliphatic heterocycles. The second-order valence-corrected chi connectivity index (χ2v) is 4.55. The molecule has 2 aromatic rings. The Morgan fingerprint density at radius 3 is 3.00 bits per heavy atom. The van der Waals surface area contributed by atoms with Crippen molar-refractivity contribution in [2.45, 2.75) is 13.0 Å². The molecule has 8 heteroatoms. The van der Waals surface area contributed by atoms with E-state index in [4.69, 9.17) is 0 Å². The molecule has 2 heterocycles. The topological polar surface area (TPSA) is 81.9 Å². The zero-order valence-electron chi connectivity index (χ0n) is 10.2. The zero-order valence-corrected chi connectivity index (χ0v) is 11.1. The molecule has 0 bridgehead atoms. The number of methoxy groups -OCH3 is 1. The highest BCUT2D eigenvalue weighted by Crippen LogP contribution is 2.21. The first-order valence-electron chi connectivity index (χ1n) is 5.26. The van der Waals surface area contributed by atoms with Crippen LogP contribution in [0.15, 0.2) is 11.7 Å². The Kier molecular flexibility index (Phi) is 3.56. The first-order valence-corrected chi connectivity index (χ1v) is 6.14. The number of anilines is 1. The van der Waals surface area contributed by atoms with Gasteiger partial charge in [0.25, 0.3) is 0 Å². The molecule has 1 N–H and O–H groups in total. The second kappa shape index (κ2) is 5.13. The molecular formula is C10H13N5O2S. The number of esters is 1. The van der Waals surface area contributed by atoms with E-state index < -0.39 is 5.97 Å². The van der Waals surface area contributed by atoms with Crippen molar-refractivity contribution in [3.8, 4) is 0 Å². The van der Waals surface area contributed by atoms with E-state index in [1.165, 1.54) is 18.4 Å². The maximum atomic E-state index is 11.3. The first-order chi connectivity index (χ1) is 8.61. The summed E-state index contributed by atoms with van der Waals surface area (Å²) in [4.78, 5) is 15.4. The molecule has 0 fully saturated rings. The standard InChI is InChI=1S/C10H13N5O2S/c1-6(8-14-11-5-15(8)2)12-10-13-7(4-18-10)9(16)17-3/h4-6H,1-3H3,(H,12,13). The average Bonchev–Trinajstić information content (AvgIpc) is 2.97. The molecule has 1 atom stereocenters. The third kappa shape index (κ3) is 2.48. The smallest absolute Gasteiger partial charge is 0.357 e. The minimum Gasteiger partial charge on any atom is -0.464 e. The number of rotatable bonds is 4. The van der Waals surface area contributed by atoms with Crippen molar-refractivity contribution < 1.29 is 9.53 Å². The number of ether oxygens (including phenoxy) is 1. The van der Waals surface area contributed by atoms with Crippen molar-refractivity contribution in [1.29, 1.82) is 0 Å². The highest BCUT2D eigenvalue weighted by atomic mass is 32.1. The molecule has 0 saturated carbocycles. The Morgan fingerprint density at radius 2 is 2.39 bits per heavy atom. The van der Waals surface area contributed by atoms with Crippen molar-refractivity contribution in [3.63, 3.8) is 0 Å². The molecule has 18 heavy (non-hydrogen) atoms. The Bertz CT molecular complexity index is 550. The Hall–Kier alpha value is -1.96. The minimum absolute atomic E-state index is 0.0471. The van der Waals surface area contributed by atoms with Gasteiger partial charge in [0.1, 0.15) is 6.33 Å². The van der Waals surface area contributed by atoms with Crippen LogP contribution in [0.4, 0.5) is 5.13 Å². The number of aryl methyl sites for hydroxylation is 1. The summed E-state index contributed by atoms with van der Waals surface area (Å²) in [6.45, 7) is 1.95. The van der Waals surface area contributed by atoms with Gasteiger partial charge in [-0.25, -0.2) is 9.78 Å². The van der Waals surface area contributed by atoms with Crippen molar-refractivity contribution in [3.05, 3.63) is 23.2 Å². The number of nitrogens with one attached hydrogen (secondary N) is 1. The lowest BCUT2D eigenvalue weighted by Crippen LogP contribution is -2.12. The Morgan fingerprint density at radius 1 is 1.61 bits per heavy atom. The van der Waals surface area contributed by atoms with Crippen LogP contribution in [-0.2, 0) is 11.8 Å². The molecule has 0 aliphatic rings. The predicted octanol–water partition coefficient (Wildman–Crippen LogP) is 1.23. The molecule has 0 spiro atoms. The highest BCUT2D eigenvalue weighted by molar-refractivity contribution is 7.13. The maximum Gasteiger partial charge on any atom is 0.357 e. The van der Waals surface area contributed by atoms with Crippen LogP contribution in [0.1, 0.15) is 29.3 Å². The lowest BCUT2D eigenvalue weighted by molar-refractivity contribution is 0.0595. The highest BCUT2D eigenvalue weighted by Gasteiger charge is 2.15. The van der Waals surface area contributed by atoms with E-state index in [1.54, 1.807) is 11.7 Å². The molecular weight excluding hydrogens is 254 g/mol. The zero-order chi connectivity index (χ0) is 13.1. The fourth-order valence-electron chi connectivity index (χ4n) is 1.47. The summed E-state index contributed by atoms with van der Waals surface area (Å²) in [5.41, 5.74) is 0.301. The molecule has 0 amide bonds. The molecule has 2 aromatic heterocycles. The number of hydrogen-bond donors (Lipinski definition) is 1. The minimum atomic E-state index is -0.439. The molecule has 96 valence electrons. The normalized spacial score (nSPS) is 12.2. The van der Waals surface area contributed by atoms with E-state index in [0.717, 1.165) is 5.82 Å². The third-order valence-electron chi connectivity index (χ3n) is 2.37. The van der Waals surface area contributed by atoms with Gasteiger partial charge in [-0.3, -0.25) is 0 Å². The van der Waals surface area contributed by atoms with E-state index in [2.05, 4.69) is 25.2 Å². The third-order valence-corrected chi connectivity index (χ3v) is 3.15. The number of nitrogens with zero attached hydrogens (tertiary/aromatic N) is 4. The molecule has 0 aliphatic carbocycles. The van der Waals surface area contributed by atoms with Crippen molar-refractivity contribution in [2.24, 2.45) is 7.05 Å². The Balaban J connectivity index is 2.08. The molecule has 2 rings (SSSR count). The van der Waals surface area contributed by atoms with E-state index in [0.29, 0.717) is 10.8 Å². The number of thiazole rings is 1. The van der Waals surface area contributed by atoms with E-state index in [-0.39, 0.29) is 6.04 Å². The fourth-order valence-corrected chi connectivity index (χ4v) is 2.24. The van der Waals surface area contributed by atoms with Gasteiger partial charge in [0.15, 0.2) is 16.6 Å². The summed E-state index contributed by atoms with van der Waals surface area (Å²) < 4.78 is 6.42. The number of aromatic nitrogens is 4. The van der Waals surface area contributed by atoms with Crippen LogP contribution in [0, 0.1) is 0 Å². The van der Waals surface area contributed by atoms with Gasteiger partial charge in [-0.05, 0) is 6.92 Å². The summed E-state index contributed by atoms with van der Waals surface area (Å²) >= 11 is 1.34. The SMILES string of the molecule is COC(=O)c1csc(NC(C)c2nncn2C)n1. The van der Waals surface area contributed by atoms with Gasteiger partial charge in [-0.2, -0.15) is 0 Å². The number of carbonyl (C=O) groups is 1.